The summed E-state index contributed by atoms with van der Waals surface area (Å²) in [6.07, 6.45) is 0. The Morgan fingerprint density at radius 2 is 2.20 bits per heavy atom. The molecule has 0 amide bonds. The summed E-state index contributed by atoms with van der Waals surface area (Å²) in [5.74, 6) is 0.302. The molecule has 0 N–H and O–H groups in total. The SMILES string of the molecule is Fc1ccc(Oc2nsnc2Cl)c(Br)c1. The van der Waals surface area contributed by atoms with Crippen molar-refractivity contribution in [1.82, 2.24) is 8.75 Å². The average Bonchev–Trinajstić information content (AvgIpc) is 2.57. The third-order valence-electron chi connectivity index (χ3n) is 1.52. The van der Waals surface area contributed by atoms with Gasteiger partial charge in [0, 0.05) is 0 Å². The van der Waals surface area contributed by atoms with Crippen molar-refractivity contribution in [3.05, 3.63) is 33.6 Å². The van der Waals surface area contributed by atoms with Gasteiger partial charge in [-0.2, -0.15) is 4.37 Å². The molecule has 78 valence electrons. The van der Waals surface area contributed by atoms with Gasteiger partial charge in [0.1, 0.15) is 11.6 Å². The Morgan fingerprint density at radius 1 is 1.40 bits per heavy atom. The lowest BCUT2D eigenvalue weighted by Gasteiger charge is -2.04. The Hall–Kier alpha value is -0.720. The Balaban J connectivity index is 2.29. The van der Waals surface area contributed by atoms with Gasteiger partial charge in [-0.05, 0) is 34.1 Å². The molecule has 1 heterocycles. The molecule has 2 aromatic rings. The summed E-state index contributed by atoms with van der Waals surface area (Å²) >= 11 is 9.81. The van der Waals surface area contributed by atoms with Gasteiger partial charge in [-0.25, -0.2) is 4.39 Å². The largest absolute Gasteiger partial charge is 0.435 e. The van der Waals surface area contributed by atoms with Gasteiger partial charge in [-0.15, -0.1) is 4.37 Å². The zero-order valence-electron chi connectivity index (χ0n) is 7.08. The van der Waals surface area contributed by atoms with E-state index in [1.54, 1.807) is 0 Å². The molecule has 0 atom stereocenters. The second kappa shape index (κ2) is 4.42. The van der Waals surface area contributed by atoms with Crippen molar-refractivity contribution in [2.45, 2.75) is 0 Å². The van der Waals surface area contributed by atoms with Crippen LogP contribution in [0.3, 0.4) is 0 Å². The van der Waals surface area contributed by atoms with E-state index in [0.29, 0.717) is 10.2 Å². The van der Waals surface area contributed by atoms with Crippen molar-refractivity contribution in [3.8, 4) is 11.6 Å². The first-order chi connectivity index (χ1) is 7.16. The van der Waals surface area contributed by atoms with E-state index in [1.165, 1.54) is 18.2 Å². The standard InChI is InChI=1S/C8H3BrClFN2OS/c9-5-3-4(11)1-2-6(5)14-8-7(10)12-15-13-8/h1-3H. The second-order valence-electron chi connectivity index (χ2n) is 2.54. The topological polar surface area (TPSA) is 35.0 Å². The lowest BCUT2D eigenvalue weighted by atomic mass is 10.3. The lowest BCUT2D eigenvalue weighted by molar-refractivity contribution is 0.463. The smallest absolute Gasteiger partial charge is 0.270 e. The van der Waals surface area contributed by atoms with Crippen LogP contribution < -0.4 is 4.74 Å². The number of rotatable bonds is 2. The zero-order valence-corrected chi connectivity index (χ0v) is 10.2. The van der Waals surface area contributed by atoms with Crippen LogP contribution in [-0.2, 0) is 0 Å². The molecule has 0 bridgehead atoms. The van der Waals surface area contributed by atoms with E-state index in [2.05, 4.69) is 24.7 Å². The van der Waals surface area contributed by atoms with Crippen LogP contribution in [0.15, 0.2) is 22.7 Å². The van der Waals surface area contributed by atoms with Gasteiger partial charge in [0.25, 0.3) is 5.88 Å². The molecule has 0 saturated carbocycles. The monoisotopic (exact) mass is 308 g/mol. The number of benzene rings is 1. The van der Waals surface area contributed by atoms with E-state index in [-0.39, 0.29) is 16.9 Å². The third-order valence-corrected chi connectivity index (χ3v) is 3.00. The second-order valence-corrected chi connectivity index (χ2v) is 4.28. The molecule has 0 aliphatic rings. The van der Waals surface area contributed by atoms with Gasteiger partial charge in [0.15, 0.2) is 0 Å². The number of nitrogens with zero attached hydrogens (tertiary/aromatic N) is 2. The Morgan fingerprint density at radius 3 is 2.80 bits per heavy atom. The molecular formula is C8H3BrClFN2OS. The fourth-order valence-electron chi connectivity index (χ4n) is 0.893. The van der Waals surface area contributed by atoms with E-state index in [9.17, 15) is 4.39 Å². The maximum absolute atomic E-state index is 12.8. The minimum Gasteiger partial charge on any atom is -0.435 e. The predicted octanol–water partition coefficient (Wildman–Crippen LogP) is 3.89. The van der Waals surface area contributed by atoms with Crippen molar-refractivity contribution in [1.29, 1.82) is 0 Å². The first-order valence-electron chi connectivity index (χ1n) is 3.78. The fraction of sp³-hybridized carbons (Fsp3) is 0. The average molecular weight is 310 g/mol. The summed E-state index contributed by atoms with van der Waals surface area (Å²) in [5, 5.41) is 0.191. The van der Waals surface area contributed by atoms with Crippen LogP contribution in [-0.4, -0.2) is 8.75 Å². The molecule has 0 fully saturated rings. The Kier molecular flexibility index (Phi) is 3.18. The van der Waals surface area contributed by atoms with Gasteiger partial charge in [0.05, 0.1) is 16.2 Å². The van der Waals surface area contributed by atoms with Crippen molar-refractivity contribution >= 4 is 39.3 Å². The van der Waals surface area contributed by atoms with Crippen LogP contribution in [0.4, 0.5) is 4.39 Å². The van der Waals surface area contributed by atoms with Crippen LogP contribution in [0.5, 0.6) is 11.6 Å². The molecule has 1 aromatic carbocycles. The number of ether oxygens (including phenoxy) is 1. The molecule has 0 aliphatic carbocycles. The molecule has 2 rings (SSSR count). The van der Waals surface area contributed by atoms with Crippen LogP contribution in [0.1, 0.15) is 0 Å². The highest BCUT2D eigenvalue weighted by molar-refractivity contribution is 9.10. The maximum Gasteiger partial charge on any atom is 0.270 e. The quantitative estimate of drug-likeness (QED) is 0.844. The normalized spacial score (nSPS) is 10.3. The third kappa shape index (κ3) is 2.45. The molecule has 0 spiro atoms. The predicted molar refractivity (Wildman–Crippen MR) is 59.1 cm³/mol. The minimum atomic E-state index is -0.350. The molecule has 3 nitrogen and oxygen atoms in total. The summed E-state index contributed by atoms with van der Waals surface area (Å²) in [6, 6.07) is 4.06. The zero-order chi connectivity index (χ0) is 10.8. The van der Waals surface area contributed by atoms with Gasteiger partial charge >= 0.3 is 0 Å². The van der Waals surface area contributed by atoms with Crippen LogP contribution in [0.25, 0.3) is 0 Å². The molecule has 0 aliphatic heterocycles. The molecule has 15 heavy (non-hydrogen) atoms. The number of hydrogen-bond donors (Lipinski definition) is 0. The first kappa shape index (κ1) is 10.8. The molecule has 1 aromatic heterocycles. The van der Waals surface area contributed by atoms with E-state index >= 15 is 0 Å². The van der Waals surface area contributed by atoms with Crippen molar-refractivity contribution in [2.75, 3.05) is 0 Å². The van der Waals surface area contributed by atoms with Crippen LogP contribution >= 0.6 is 39.3 Å². The minimum absolute atomic E-state index is 0.191. The molecule has 0 unspecified atom stereocenters. The molecule has 7 heteroatoms. The highest BCUT2D eigenvalue weighted by Crippen LogP contribution is 2.32. The summed E-state index contributed by atoms with van der Waals surface area (Å²) < 4.78 is 26.2. The number of halogens is 3. The molecular weight excluding hydrogens is 307 g/mol. The molecule has 0 saturated heterocycles. The Bertz CT molecular complexity index is 493. The fourth-order valence-corrected chi connectivity index (χ4v) is 1.94. The van der Waals surface area contributed by atoms with Crippen LogP contribution in [0, 0.1) is 5.82 Å². The van der Waals surface area contributed by atoms with Crippen molar-refractivity contribution < 1.29 is 9.13 Å². The van der Waals surface area contributed by atoms with Gasteiger partial charge < -0.3 is 4.74 Å². The van der Waals surface area contributed by atoms with Crippen molar-refractivity contribution in [3.63, 3.8) is 0 Å². The van der Waals surface area contributed by atoms with Gasteiger partial charge in [-0.1, -0.05) is 11.6 Å². The maximum atomic E-state index is 12.8. The Labute approximate surface area is 102 Å². The van der Waals surface area contributed by atoms with E-state index < -0.39 is 0 Å². The summed E-state index contributed by atoms with van der Waals surface area (Å²) in [4.78, 5) is 0. The van der Waals surface area contributed by atoms with E-state index in [0.717, 1.165) is 11.7 Å². The van der Waals surface area contributed by atoms with E-state index in [4.69, 9.17) is 16.3 Å². The summed E-state index contributed by atoms with van der Waals surface area (Å²) in [6.45, 7) is 0. The number of hydrogen-bond acceptors (Lipinski definition) is 4. The van der Waals surface area contributed by atoms with Crippen molar-refractivity contribution in [2.24, 2.45) is 0 Å². The highest BCUT2D eigenvalue weighted by atomic mass is 79.9. The van der Waals surface area contributed by atoms with Gasteiger partial charge in [0.2, 0.25) is 5.15 Å². The molecule has 0 radical (unpaired) electrons. The summed E-state index contributed by atoms with van der Waals surface area (Å²) in [5.41, 5.74) is 0. The lowest BCUT2D eigenvalue weighted by Crippen LogP contribution is -1.86. The summed E-state index contributed by atoms with van der Waals surface area (Å²) in [7, 11) is 0. The van der Waals surface area contributed by atoms with Gasteiger partial charge in [-0.3, -0.25) is 0 Å². The number of aromatic nitrogens is 2. The highest BCUT2D eigenvalue weighted by Gasteiger charge is 2.10. The first-order valence-corrected chi connectivity index (χ1v) is 5.68. The van der Waals surface area contributed by atoms with Crippen LogP contribution in [0.2, 0.25) is 5.15 Å². The van der Waals surface area contributed by atoms with E-state index in [1.807, 2.05) is 0 Å².